The molecule has 3 heterocycles. The minimum Gasteiger partial charge on any atom is -0.391 e. The van der Waals surface area contributed by atoms with E-state index in [2.05, 4.69) is 15.3 Å². The van der Waals surface area contributed by atoms with Crippen LogP contribution >= 0.6 is 11.8 Å². The van der Waals surface area contributed by atoms with Gasteiger partial charge in [0.05, 0.1) is 16.7 Å². The number of rotatable bonds is 2. The zero-order chi connectivity index (χ0) is 14.8. The van der Waals surface area contributed by atoms with E-state index in [0.29, 0.717) is 23.1 Å². The van der Waals surface area contributed by atoms with E-state index in [-0.39, 0.29) is 11.3 Å². The van der Waals surface area contributed by atoms with Gasteiger partial charge in [0.15, 0.2) is 0 Å². The normalized spacial score (nSPS) is 24.5. The van der Waals surface area contributed by atoms with Crippen LogP contribution in [0.1, 0.15) is 18.5 Å². The number of β-amino-alcohol motifs (C(OH)–C–C–N with tert-alkyl or cyclic N) is 1. The predicted molar refractivity (Wildman–Crippen MR) is 78.6 cm³/mol. The number of imide groups is 1. The second-order valence-corrected chi connectivity index (χ2v) is 5.89. The molecule has 3 rings (SSSR count). The number of aliphatic hydroxyl groups excluding tert-OH is 1. The van der Waals surface area contributed by atoms with Crippen molar-refractivity contribution in [2.24, 2.45) is 0 Å². The zero-order valence-corrected chi connectivity index (χ0v) is 12.0. The highest BCUT2D eigenvalue weighted by molar-refractivity contribution is 8.18. The van der Waals surface area contributed by atoms with E-state index in [4.69, 9.17) is 0 Å². The van der Waals surface area contributed by atoms with Crippen LogP contribution in [-0.2, 0) is 4.79 Å². The number of aromatic nitrogens is 2. The van der Waals surface area contributed by atoms with Crippen LogP contribution in [0.3, 0.4) is 0 Å². The SMILES string of the molecule is O=C1NC(=O)/C(=C/c2ccnc(N3CCCC(O)C3)n2)S1. The maximum absolute atomic E-state index is 11.5. The lowest BCUT2D eigenvalue weighted by Crippen LogP contribution is -2.39. The van der Waals surface area contributed by atoms with Crippen LogP contribution in [0.15, 0.2) is 17.2 Å². The summed E-state index contributed by atoms with van der Waals surface area (Å²) in [5.41, 5.74) is 0.562. The number of nitrogens with zero attached hydrogens (tertiary/aromatic N) is 3. The van der Waals surface area contributed by atoms with Crippen molar-refractivity contribution >= 4 is 34.9 Å². The van der Waals surface area contributed by atoms with Gasteiger partial charge < -0.3 is 10.0 Å². The molecule has 110 valence electrons. The molecule has 2 fully saturated rings. The zero-order valence-electron chi connectivity index (χ0n) is 11.2. The van der Waals surface area contributed by atoms with Gasteiger partial charge in [-0.05, 0) is 36.7 Å². The quantitative estimate of drug-likeness (QED) is 0.779. The standard InChI is InChI=1S/C13H14N4O3S/c18-9-2-1-5-17(7-9)12-14-4-3-8(15-12)6-10-11(19)16-13(20)21-10/h3-4,6,9,18H,1-2,5,7H2,(H,16,19,20)/b10-6-. The smallest absolute Gasteiger partial charge is 0.290 e. The van der Waals surface area contributed by atoms with Gasteiger partial charge in [-0.2, -0.15) is 0 Å². The van der Waals surface area contributed by atoms with Gasteiger partial charge >= 0.3 is 0 Å². The Balaban J connectivity index is 1.82. The molecule has 21 heavy (non-hydrogen) atoms. The molecule has 0 bridgehead atoms. The molecule has 0 spiro atoms. The third-order valence-corrected chi connectivity index (χ3v) is 4.08. The number of hydrogen-bond acceptors (Lipinski definition) is 7. The maximum Gasteiger partial charge on any atom is 0.290 e. The van der Waals surface area contributed by atoms with Crippen molar-refractivity contribution in [1.29, 1.82) is 0 Å². The van der Waals surface area contributed by atoms with Crippen molar-refractivity contribution in [2.75, 3.05) is 18.0 Å². The van der Waals surface area contributed by atoms with Gasteiger partial charge in [0.2, 0.25) is 5.95 Å². The summed E-state index contributed by atoms with van der Waals surface area (Å²) in [6.45, 7) is 1.30. The second kappa shape index (κ2) is 5.82. The molecular formula is C13H14N4O3S. The molecule has 2 N–H and O–H groups in total. The fourth-order valence-electron chi connectivity index (χ4n) is 2.29. The second-order valence-electron chi connectivity index (χ2n) is 4.88. The summed E-state index contributed by atoms with van der Waals surface area (Å²) in [6, 6.07) is 1.67. The number of piperidine rings is 1. The van der Waals surface area contributed by atoms with Crippen LogP contribution in [0.4, 0.5) is 10.7 Å². The first-order valence-electron chi connectivity index (χ1n) is 6.63. The predicted octanol–water partition coefficient (Wildman–Crippen LogP) is 0.762. The number of amides is 2. The lowest BCUT2D eigenvalue weighted by Gasteiger charge is -2.30. The van der Waals surface area contributed by atoms with Crippen LogP contribution in [0, 0.1) is 0 Å². The molecule has 2 aliphatic rings. The van der Waals surface area contributed by atoms with Crippen molar-refractivity contribution in [3.05, 3.63) is 22.9 Å². The Morgan fingerprint density at radius 3 is 3.05 bits per heavy atom. The lowest BCUT2D eigenvalue weighted by molar-refractivity contribution is -0.115. The van der Waals surface area contributed by atoms with Gasteiger partial charge in [0.25, 0.3) is 11.1 Å². The molecule has 0 saturated carbocycles. The van der Waals surface area contributed by atoms with Crippen LogP contribution in [0.25, 0.3) is 6.08 Å². The van der Waals surface area contributed by atoms with E-state index in [1.165, 1.54) is 0 Å². The molecule has 1 aromatic heterocycles. The first-order chi connectivity index (χ1) is 10.1. The largest absolute Gasteiger partial charge is 0.391 e. The minimum atomic E-state index is -0.404. The topological polar surface area (TPSA) is 95.4 Å². The number of nitrogens with one attached hydrogen (secondary N) is 1. The van der Waals surface area contributed by atoms with Crippen LogP contribution in [0.2, 0.25) is 0 Å². The van der Waals surface area contributed by atoms with Crippen molar-refractivity contribution < 1.29 is 14.7 Å². The molecule has 0 aromatic carbocycles. The number of thioether (sulfide) groups is 1. The van der Waals surface area contributed by atoms with Crippen molar-refractivity contribution in [3.63, 3.8) is 0 Å². The van der Waals surface area contributed by atoms with E-state index < -0.39 is 5.91 Å². The van der Waals surface area contributed by atoms with Gasteiger partial charge in [0, 0.05) is 19.3 Å². The maximum atomic E-state index is 11.5. The van der Waals surface area contributed by atoms with Gasteiger partial charge in [0.1, 0.15) is 0 Å². The molecule has 0 aliphatic carbocycles. The van der Waals surface area contributed by atoms with E-state index in [0.717, 1.165) is 31.1 Å². The molecule has 2 amide bonds. The Hall–Kier alpha value is -1.93. The van der Waals surface area contributed by atoms with Gasteiger partial charge in [-0.3, -0.25) is 14.9 Å². The minimum absolute atomic E-state index is 0.323. The molecular weight excluding hydrogens is 292 g/mol. The molecule has 1 aromatic rings. The fraction of sp³-hybridized carbons (Fsp3) is 0.385. The number of carbonyl (C=O) groups excluding carboxylic acids is 2. The van der Waals surface area contributed by atoms with Crippen molar-refractivity contribution in [2.45, 2.75) is 18.9 Å². The number of aliphatic hydroxyl groups is 1. The molecule has 2 saturated heterocycles. The summed E-state index contributed by atoms with van der Waals surface area (Å²) < 4.78 is 0. The Kier molecular flexibility index (Phi) is 3.89. The van der Waals surface area contributed by atoms with Gasteiger partial charge in [-0.25, -0.2) is 9.97 Å². The van der Waals surface area contributed by atoms with Crippen molar-refractivity contribution in [1.82, 2.24) is 15.3 Å². The van der Waals surface area contributed by atoms with E-state index in [1.54, 1.807) is 18.3 Å². The van der Waals surface area contributed by atoms with Crippen LogP contribution in [0.5, 0.6) is 0 Å². The summed E-state index contributed by atoms with van der Waals surface area (Å²) in [4.78, 5) is 33.5. The first kappa shape index (κ1) is 14.0. The Morgan fingerprint density at radius 2 is 2.33 bits per heavy atom. The number of hydrogen-bond donors (Lipinski definition) is 2. The Morgan fingerprint density at radius 1 is 1.48 bits per heavy atom. The average molecular weight is 306 g/mol. The molecule has 7 nitrogen and oxygen atoms in total. The third-order valence-electron chi connectivity index (χ3n) is 3.26. The third kappa shape index (κ3) is 3.22. The lowest BCUT2D eigenvalue weighted by atomic mass is 10.1. The number of anilines is 1. The monoisotopic (exact) mass is 306 g/mol. The summed E-state index contributed by atoms with van der Waals surface area (Å²) in [5, 5.41) is 11.5. The summed E-state index contributed by atoms with van der Waals surface area (Å²) >= 11 is 0.858. The molecule has 1 unspecified atom stereocenters. The van der Waals surface area contributed by atoms with Gasteiger partial charge in [-0.1, -0.05) is 0 Å². The Bertz CT molecular complexity index is 619. The number of carbonyl (C=O) groups is 2. The molecule has 8 heteroatoms. The molecule has 2 aliphatic heterocycles. The van der Waals surface area contributed by atoms with E-state index in [9.17, 15) is 14.7 Å². The van der Waals surface area contributed by atoms with E-state index >= 15 is 0 Å². The summed E-state index contributed by atoms with van der Waals surface area (Å²) in [7, 11) is 0. The van der Waals surface area contributed by atoms with Crippen LogP contribution in [-0.4, -0.2) is 45.4 Å². The first-order valence-corrected chi connectivity index (χ1v) is 7.44. The average Bonchev–Trinajstić information content (AvgIpc) is 2.77. The summed E-state index contributed by atoms with van der Waals surface area (Å²) in [5.74, 6) is 0.122. The highest BCUT2D eigenvalue weighted by Crippen LogP contribution is 2.25. The van der Waals surface area contributed by atoms with Crippen molar-refractivity contribution in [3.8, 4) is 0 Å². The van der Waals surface area contributed by atoms with E-state index in [1.807, 2.05) is 4.90 Å². The Labute approximate surface area is 125 Å². The molecule has 0 radical (unpaired) electrons. The fourth-order valence-corrected chi connectivity index (χ4v) is 2.95. The van der Waals surface area contributed by atoms with Crippen LogP contribution < -0.4 is 10.2 Å². The highest BCUT2D eigenvalue weighted by atomic mass is 32.2. The highest BCUT2D eigenvalue weighted by Gasteiger charge is 2.25. The summed E-state index contributed by atoms with van der Waals surface area (Å²) in [6.07, 6.45) is 4.49. The van der Waals surface area contributed by atoms with Gasteiger partial charge in [-0.15, -0.1) is 0 Å². The molecule has 1 atom stereocenters.